The van der Waals surface area contributed by atoms with E-state index in [4.69, 9.17) is 14.7 Å². The van der Waals surface area contributed by atoms with E-state index in [-0.39, 0.29) is 0 Å². The minimum Gasteiger partial charge on any atom is -0.496 e. The average Bonchev–Trinajstić information content (AvgIpc) is 3.65. The van der Waals surface area contributed by atoms with Crippen molar-refractivity contribution < 1.29 is 9.84 Å². The lowest BCUT2D eigenvalue weighted by molar-refractivity contribution is 0.0839. The second-order valence-corrected chi connectivity index (χ2v) is 10.6. The lowest BCUT2D eigenvalue weighted by atomic mass is 9.88. The Morgan fingerprint density at radius 3 is 2.44 bits per heavy atom. The summed E-state index contributed by atoms with van der Waals surface area (Å²) in [5, 5.41) is 11.6. The molecule has 1 N–H and O–H groups in total. The molecule has 3 heterocycles. The largest absolute Gasteiger partial charge is 0.496 e. The molecular formula is C28H34N4O2. The highest BCUT2D eigenvalue weighted by molar-refractivity contribution is 5.92. The third kappa shape index (κ3) is 4.09. The summed E-state index contributed by atoms with van der Waals surface area (Å²) in [5.41, 5.74) is 2.88. The molecule has 1 aromatic heterocycles. The van der Waals surface area contributed by atoms with Gasteiger partial charge in [-0.2, -0.15) is 0 Å². The van der Waals surface area contributed by atoms with Crippen molar-refractivity contribution in [3.8, 4) is 5.75 Å². The van der Waals surface area contributed by atoms with Crippen molar-refractivity contribution in [2.75, 3.05) is 43.1 Å². The SMILES string of the molecule is COc1ccccc1C1CCN(c2nc(C3CC3)nc3ccc(N4CC[C@@](C)(O)C4)cc23)CC1. The van der Waals surface area contributed by atoms with Crippen LogP contribution in [0.3, 0.4) is 0 Å². The Morgan fingerprint density at radius 2 is 1.74 bits per heavy atom. The lowest BCUT2D eigenvalue weighted by Gasteiger charge is -2.34. The van der Waals surface area contributed by atoms with Crippen molar-refractivity contribution in [1.82, 2.24) is 9.97 Å². The zero-order valence-corrected chi connectivity index (χ0v) is 20.2. The molecule has 0 unspecified atom stereocenters. The number of aliphatic hydroxyl groups is 1. The highest BCUT2D eigenvalue weighted by Crippen LogP contribution is 2.42. The summed E-state index contributed by atoms with van der Waals surface area (Å²) in [6.07, 6.45) is 5.35. The summed E-state index contributed by atoms with van der Waals surface area (Å²) in [7, 11) is 1.76. The number of methoxy groups -OCH3 is 1. The maximum Gasteiger partial charge on any atom is 0.140 e. The smallest absolute Gasteiger partial charge is 0.140 e. The number of hydrogen-bond donors (Lipinski definition) is 1. The van der Waals surface area contributed by atoms with Gasteiger partial charge in [0.05, 0.1) is 18.2 Å². The number of aromatic nitrogens is 2. The summed E-state index contributed by atoms with van der Waals surface area (Å²) < 4.78 is 5.64. The number of hydrogen-bond acceptors (Lipinski definition) is 6. The van der Waals surface area contributed by atoms with Gasteiger partial charge in [-0.1, -0.05) is 18.2 Å². The Labute approximate surface area is 201 Å². The number of rotatable bonds is 5. The zero-order chi connectivity index (χ0) is 23.3. The molecule has 1 aliphatic carbocycles. The van der Waals surface area contributed by atoms with Crippen LogP contribution < -0.4 is 14.5 Å². The average molecular weight is 459 g/mol. The number of para-hydroxylation sites is 1. The van der Waals surface area contributed by atoms with E-state index in [9.17, 15) is 5.11 Å². The van der Waals surface area contributed by atoms with Crippen LogP contribution in [-0.4, -0.2) is 54.0 Å². The summed E-state index contributed by atoms with van der Waals surface area (Å²) in [5.74, 6) is 4.11. The van der Waals surface area contributed by atoms with E-state index in [2.05, 4.69) is 46.2 Å². The number of β-amino-alcohol motifs (C(OH)–C–C–N with tert-alkyl or cyclic N) is 1. The van der Waals surface area contributed by atoms with Gasteiger partial charge in [0, 0.05) is 43.2 Å². The van der Waals surface area contributed by atoms with Gasteiger partial charge in [0.15, 0.2) is 0 Å². The molecule has 3 aromatic rings. The quantitative estimate of drug-likeness (QED) is 0.589. The molecule has 0 spiro atoms. The van der Waals surface area contributed by atoms with Gasteiger partial charge >= 0.3 is 0 Å². The van der Waals surface area contributed by atoms with Crippen molar-refractivity contribution >= 4 is 22.4 Å². The Balaban J connectivity index is 1.31. The Hall–Kier alpha value is -2.86. The van der Waals surface area contributed by atoms with Crippen LogP contribution in [0.15, 0.2) is 42.5 Å². The number of benzene rings is 2. The molecule has 6 nitrogen and oxygen atoms in total. The van der Waals surface area contributed by atoms with Crippen LogP contribution in [0.25, 0.3) is 10.9 Å². The third-order valence-corrected chi connectivity index (χ3v) is 7.81. The maximum atomic E-state index is 10.5. The predicted octanol–water partition coefficient (Wildman–Crippen LogP) is 4.86. The number of fused-ring (bicyclic) bond motifs is 1. The molecule has 0 radical (unpaired) electrons. The minimum atomic E-state index is -0.621. The zero-order valence-electron chi connectivity index (χ0n) is 20.2. The molecule has 178 valence electrons. The standard InChI is InChI=1S/C28H34N4O2/c1-28(33)13-16-32(18-28)21-9-10-24-23(17-21)27(30-26(29-24)20-7-8-20)31-14-11-19(12-15-31)22-5-3-4-6-25(22)34-2/h3-6,9-10,17,19-20,33H,7-8,11-16,18H2,1-2H3/t28-/m1/s1. The molecule has 2 saturated heterocycles. The van der Waals surface area contributed by atoms with Gasteiger partial charge in [0.1, 0.15) is 17.4 Å². The van der Waals surface area contributed by atoms with E-state index >= 15 is 0 Å². The molecule has 0 amide bonds. The van der Waals surface area contributed by atoms with Crippen LogP contribution in [0, 0.1) is 0 Å². The fourth-order valence-electron chi connectivity index (χ4n) is 5.65. The molecule has 3 fully saturated rings. The first kappa shape index (κ1) is 21.7. The van der Waals surface area contributed by atoms with Crippen LogP contribution in [0.4, 0.5) is 11.5 Å². The number of anilines is 2. The van der Waals surface area contributed by atoms with Gasteiger partial charge in [-0.25, -0.2) is 9.97 Å². The molecular weight excluding hydrogens is 424 g/mol. The molecule has 3 aliphatic rings. The van der Waals surface area contributed by atoms with Crippen molar-refractivity contribution in [1.29, 1.82) is 0 Å². The van der Waals surface area contributed by atoms with Gasteiger partial charge < -0.3 is 19.6 Å². The Bertz CT molecular complexity index is 1200. The van der Waals surface area contributed by atoms with E-state index in [0.717, 1.165) is 72.9 Å². The second-order valence-electron chi connectivity index (χ2n) is 10.6. The van der Waals surface area contributed by atoms with E-state index in [1.165, 1.54) is 18.4 Å². The van der Waals surface area contributed by atoms with Crippen molar-refractivity contribution in [3.63, 3.8) is 0 Å². The minimum absolute atomic E-state index is 0.505. The number of piperidine rings is 1. The molecule has 6 heteroatoms. The summed E-state index contributed by atoms with van der Waals surface area (Å²) in [6, 6.07) is 15.0. The highest BCUT2D eigenvalue weighted by Gasteiger charge is 2.33. The second kappa shape index (κ2) is 8.42. The van der Waals surface area contributed by atoms with Crippen LogP contribution in [0.5, 0.6) is 5.75 Å². The van der Waals surface area contributed by atoms with Crippen LogP contribution in [0.2, 0.25) is 0 Å². The molecule has 2 aliphatic heterocycles. The van der Waals surface area contributed by atoms with Crippen molar-refractivity contribution in [2.45, 2.75) is 56.5 Å². The van der Waals surface area contributed by atoms with Gasteiger partial charge in [0.25, 0.3) is 0 Å². The van der Waals surface area contributed by atoms with Gasteiger partial charge in [0.2, 0.25) is 0 Å². The first-order valence-electron chi connectivity index (χ1n) is 12.7. The van der Waals surface area contributed by atoms with Crippen LogP contribution in [0.1, 0.15) is 62.3 Å². The molecule has 1 saturated carbocycles. The molecule has 34 heavy (non-hydrogen) atoms. The monoisotopic (exact) mass is 458 g/mol. The van der Waals surface area contributed by atoms with Gasteiger partial charge in [-0.15, -0.1) is 0 Å². The van der Waals surface area contributed by atoms with Crippen molar-refractivity contribution in [3.05, 3.63) is 53.9 Å². The Kier molecular flexibility index (Phi) is 5.36. The fraction of sp³-hybridized carbons (Fsp3) is 0.500. The van der Waals surface area contributed by atoms with E-state index in [1.807, 2.05) is 13.0 Å². The summed E-state index contributed by atoms with van der Waals surface area (Å²) in [6.45, 7) is 5.41. The van der Waals surface area contributed by atoms with Gasteiger partial charge in [-0.05, 0) is 74.8 Å². The van der Waals surface area contributed by atoms with Crippen molar-refractivity contribution in [2.24, 2.45) is 0 Å². The first-order valence-corrected chi connectivity index (χ1v) is 12.7. The highest BCUT2D eigenvalue weighted by atomic mass is 16.5. The maximum absolute atomic E-state index is 10.5. The summed E-state index contributed by atoms with van der Waals surface area (Å²) >= 11 is 0. The fourth-order valence-corrected chi connectivity index (χ4v) is 5.65. The van der Waals surface area contributed by atoms with E-state index in [1.54, 1.807) is 7.11 Å². The molecule has 2 aromatic carbocycles. The topological polar surface area (TPSA) is 61.7 Å². The lowest BCUT2D eigenvalue weighted by Crippen LogP contribution is -2.34. The first-order chi connectivity index (χ1) is 16.5. The molecule has 0 bridgehead atoms. The van der Waals surface area contributed by atoms with Crippen LogP contribution in [-0.2, 0) is 0 Å². The normalized spacial score (nSPS) is 23.6. The van der Waals surface area contributed by atoms with E-state index < -0.39 is 5.60 Å². The van der Waals surface area contributed by atoms with E-state index in [0.29, 0.717) is 18.4 Å². The third-order valence-electron chi connectivity index (χ3n) is 7.81. The number of nitrogens with zero attached hydrogens (tertiary/aromatic N) is 4. The number of ether oxygens (including phenoxy) is 1. The van der Waals surface area contributed by atoms with Gasteiger partial charge in [-0.3, -0.25) is 0 Å². The Morgan fingerprint density at radius 1 is 0.941 bits per heavy atom. The van der Waals surface area contributed by atoms with Crippen LogP contribution >= 0.6 is 0 Å². The molecule has 6 rings (SSSR count). The summed E-state index contributed by atoms with van der Waals surface area (Å²) in [4.78, 5) is 14.8. The molecule has 1 atom stereocenters. The predicted molar refractivity (Wildman–Crippen MR) is 136 cm³/mol.